The Morgan fingerprint density at radius 2 is 1.57 bits per heavy atom. The van der Waals surface area contributed by atoms with Crippen molar-refractivity contribution < 1.29 is 4.79 Å². The number of hydrogen-bond donors (Lipinski definition) is 2. The Morgan fingerprint density at radius 1 is 0.929 bits per heavy atom. The molecule has 0 atom stereocenters. The first-order valence-corrected chi connectivity index (χ1v) is 9.42. The third-order valence-electron chi connectivity index (χ3n) is 4.91. The zero-order valence-corrected chi connectivity index (χ0v) is 15.6. The smallest absolute Gasteiger partial charge is 0.254 e. The molecule has 1 fully saturated rings. The maximum absolute atomic E-state index is 13.4. The maximum Gasteiger partial charge on any atom is 0.254 e. The van der Waals surface area contributed by atoms with Crippen molar-refractivity contribution in [2.75, 3.05) is 13.1 Å². The highest BCUT2D eigenvalue weighted by molar-refractivity contribution is 5.94. The number of hydrogen-bond acceptors (Lipinski definition) is 5. The monoisotopic (exact) mass is 373 g/mol. The van der Waals surface area contributed by atoms with Crippen molar-refractivity contribution in [1.29, 1.82) is 0 Å². The molecule has 1 aliphatic rings. The van der Waals surface area contributed by atoms with E-state index in [0.717, 1.165) is 24.2 Å². The van der Waals surface area contributed by atoms with Gasteiger partial charge in [-0.15, -0.1) is 0 Å². The third-order valence-corrected chi connectivity index (χ3v) is 4.91. The van der Waals surface area contributed by atoms with Crippen molar-refractivity contribution in [3.8, 4) is 0 Å². The number of rotatable bonds is 6. The number of hydrazine groups is 1. The van der Waals surface area contributed by atoms with Gasteiger partial charge in [0.25, 0.3) is 5.91 Å². The van der Waals surface area contributed by atoms with Gasteiger partial charge in [-0.05, 0) is 41.0 Å². The summed E-state index contributed by atoms with van der Waals surface area (Å²) in [6.07, 6.45) is 7.08. The molecule has 6 nitrogen and oxygen atoms in total. The van der Waals surface area contributed by atoms with E-state index in [1.54, 1.807) is 24.8 Å². The molecular formula is C22H23N5O. The number of carbonyl (C=O) groups excluding carboxylic acids is 1. The molecule has 2 N–H and O–H groups in total. The van der Waals surface area contributed by atoms with E-state index in [1.807, 2.05) is 47.4 Å². The summed E-state index contributed by atoms with van der Waals surface area (Å²) in [5.74, 6) is 0.381. The van der Waals surface area contributed by atoms with Gasteiger partial charge >= 0.3 is 0 Å². The Kier molecular flexibility index (Phi) is 5.70. The molecule has 0 unspecified atom stereocenters. The van der Waals surface area contributed by atoms with Gasteiger partial charge in [-0.25, -0.2) is 0 Å². The summed E-state index contributed by atoms with van der Waals surface area (Å²) in [5, 5.41) is 0. The Morgan fingerprint density at radius 3 is 2.14 bits per heavy atom. The van der Waals surface area contributed by atoms with E-state index in [2.05, 4.69) is 26.9 Å². The fraction of sp³-hybridized carbons (Fsp3) is 0.227. The van der Waals surface area contributed by atoms with Gasteiger partial charge in [0.15, 0.2) is 0 Å². The zero-order chi connectivity index (χ0) is 19.2. The van der Waals surface area contributed by atoms with E-state index in [1.165, 1.54) is 5.56 Å². The van der Waals surface area contributed by atoms with Crippen molar-refractivity contribution in [3.05, 3.63) is 95.6 Å². The normalized spacial score (nSPS) is 14.1. The van der Waals surface area contributed by atoms with Crippen LogP contribution in [-0.4, -0.2) is 33.9 Å². The average molecular weight is 373 g/mol. The highest BCUT2D eigenvalue weighted by Gasteiger charge is 2.20. The van der Waals surface area contributed by atoms with E-state index in [-0.39, 0.29) is 5.91 Å². The molecule has 3 heterocycles. The second-order valence-corrected chi connectivity index (χ2v) is 6.97. The molecule has 1 saturated heterocycles. The van der Waals surface area contributed by atoms with Crippen molar-refractivity contribution >= 4 is 5.91 Å². The molecule has 2 aromatic heterocycles. The Balaban J connectivity index is 1.59. The van der Waals surface area contributed by atoms with Crippen molar-refractivity contribution in [2.24, 2.45) is 0 Å². The number of benzene rings is 1. The maximum atomic E-state index is 13.4. The van der Waals surface area contributed by atoms with E-state index in [9.17, 15) is 4.79 Å². The van der Waals surface area contributed by atoms with Crippen LogP contribution in [0.2, 0.25) is 0 Å². The van der Waals surface area contributed by atoms with E-state index < -0.39 is 0 Å². The number of amides is 1. The molecule has 0 radical (unpaired) electrons. The number of nitrogens with zero attached hydrogens (tertiary/aromatic N) is 3. The number of aromatic nitrogens is 2. The van der Waals surface area contributed by atoms with Gasteiger partial charge in [-0.2, -0.15) is 0 Å². The van der Waals surface area contributed by atoms with Crippen LogP contribution in [0.15, 0.2) is 73.3 Å². The SMILES string of the molecule is O=C(c1cccc(C2CNNC2)c1)N(Cc1cccnc1)Cc1cccnc1. The molecule has 1 aromatic carbocycles. The molecule has 1 amide bonds. The van der Waals surface area contributed by atoms with E-state index in [0.29, 0.717) is 24.6 Å². The van der Waals surface area contributed by atoms with E-state index >= 15 is 0 Å². The largest absolute Gasteiger partial charge is 0.330 e. The lowest BCUT2D eigenvalue weighted by atomic mass is 9.98. The topological polar surface area (TPSA) is 70.2 Å². The molecule has 3 aromatic rings. The van der Waals surface area contributed by atoms with Gasteiger partial charge in [0, 0.05) is 62.4 Å². The molecule has 0 spiro atoms. The number of pyridine rings is 2. The predicted molar refractivity (Wildman–Crippen MR) is 107 cm³/mol. The Bertz CT molecular complexity index is 869. The van der Waals surface area contributed by atoms with Crippen LogP contribution >= 0.6 is 0 Å². The fourth-order valence-electron chi connectivity index (χ4n) is 3.43. The summed E-state index contributed by atoms with van der Waals surface area (Å²) in [6, 6.07) is 15.7. The van der Waals surface area contributed by atoms with Gasteiger partial charge in [-0.3, -0.25) is 25.6 Å². The molecule has 0 saturated carbocycles. The van der Waals surface area contributed by atoms with Crippen molar-refractivity contribution in [2.45, 2.75) is 19.0 Å². The molecule has 28 heavy (non-hydrogen) atoms. The van der Waals surface area contributed by atoms with Crippen LogP contribution in [0.1, 0.15) is 33.0 Å². The second-order valence-electron chi connectivity index (χ2n) is 6.97. The number of nitrogens with one attached hydrogen (secondary N) is 2. The van der Waals surface area contributed by atoms with Crippen LogP contribution < -0.4 is 10.9 Å². The predicted octanol–water partition coefficient (Wildman–Crippen LogP) is 2.51. The van der Waals surface area contributed by atoms with Crippen LogP contribution in [0, 0.1) is 0 Å². The summed E-state index contributed by atoms with van der Waals surface area (Å²) in [6.45, 7) is 2.73. The molecule has 0 aliphatic carbocycles. The van der Waals surface area contributed by atoms with Gasteiger partial charge < -0.3 is 4.90 Å². The summed E-state index contributed by atoms with van der Waals surface area (Å²) in [7, 11) is 0. The van der Waals surface area contributed by atoms with Crippen molar-refractivity contribution in [3.63, 3.8) is 0 Å². The number of carbonyl (C=O) groups is 1. The molecule has 1 aliphatic heterocycles. The Hall–Kier alpha value is -3.09. The van der Waals surface area contributed by atoms with Crippen LogP contribution in [-0.2, 0) is 13.1 Å². The minimum absolute atomic E-state index is 0.00784. The minimum Gasteiger partial charge on any atom is -0.330 e. The lowest BCUT2D eigenvalue weighted by Crippen LogP contribution is -2.30. The average Bonchev–Trinajstić information content (AvgIpc) is 3.29. The quantitative estimate of drug-likeness (QED) is 0.695. The van der Waals surface area contributed by atoms with Crippen LogP contribution in [0.25, 0.3) is 0 Å². The highest BCUT2D eigenvalue weighted by Crippen LogP contribution is 2.20. The molecule has 142 valence electrons. The van der Waals surface area contributed by atoms with Crippen LogP contribution in [0.5, 0.6) is 0 Å². The van der Waals surface area contributed by atoms with E-state index in [4.69, 9.17) is 0 Å². The fourth-order valence-corrected chi connectivity index (χ4v) is 3.43. The molecular weight excluding hydrogens is 350 g/mol. The third kappa shape index (κ3) is 4.42. The molecule has 4 rings (SSSR count). The van der Waals surface area contributed by atoms with Crippen LogP contribution in [0.3, 0.4) is 0 Å². The van der Waals surface area contributed by atoms with Gasteiger partial charge in [-0.1, -0.05) is 24.3 Å². The first-order chi connectivity index (χ1) is 13.8. The van der Waals surface area contributed by atoms with Gasteiger partial charge in [0.05, 0.1) is 0 Å². The first-order valence-electron chi connectivity index (χ1n) is 9.42. The summed E-state index contributed by atoms with van der Waals surface area (Å²) in [5.41, 5.74) is 10.2. The Labute approximate surface area is 164 Å². The summed E-state index contributed by atoms with van der Waals surface area (Å²) < 4.78 is 0. The lowest BCUT2D eigenvalue weighted by molar-refractivity contribution is 0.0729. The van der Waals surface area contributed by atoms with Gasteiger partial charge in [0.2, 0.25) is 0 Å². The standard InChI is InChI=1S/C22H23N5O/c28-22(20-7-1-6-19(10-20)21-13-25-26-14-21)27(15-17-4-2-8-23-11-17)16-18-5-3-9-24-12-18/h1-12,21,25-26H,13-16H2. The highest BCUT2D eigenvalue weighted by atomic mass is 16.2. The summed E-state index contributed by atoms with van der Waals surface area (Å²) in [4.78, 5) is 23.6. The first kappa shape index (κ1) is 18.3. The lowest BCUT2D eigenvalue weighted by Gasteiger charge is -2.23. The van der Waals surface area contributed by atoms with Gasteiger partial charge in [0.1, 0.15) is 0 Å². The molecule has 6 heteroatoms. The second kappa shape index (κ2) is 8.73. The summed E-state index contributed by atoms with van der Waals surface area (Å²) >= 11 is 0. The van der Waals surface area contributed by atoms with Crippen LogP contribution in [0.4, 0.5) is 0 Å². The molecule has 0 bridgehead atoms. The minimum atomic E-state index is 0.00784. The zero-order valence-electron chi connectivity index (χ0n) is 15.6. The van der Waals surface area contributed by atoms with Crippen molar-refractivity contribution in [1.82, 2.24) is 25.7 Å².